The summed E-state index contributed by atoms with van der Waals surface area (Å²) >= 11 is 0. The number of hydrogen-bond donors (Lipinski definition) is 1. The van der Waals surface area contributed by atoms with Gasteiger partial charge in [-0.15, -0.1) is 0 Å². The minimum atomic E-state index is -0.165. The number of piperazine rings is 1. The number of nitrogens with zero attached hydrogens (tertiary/aromatic N) is 4. The quantitative estimate of drug-likeness (QED) is 0.777. The lowest BCUT2D eigenvalue weighted by atomic mass is 10.1. The molecule has 1 aromatic carbocycles. The van der Waals surface area contributed by atoms with Crippen molar-refractivity contribution in [3.8, 4) is 0 Å². The van der Waals surface area contributed by atoms with Gasteiger partial charge >= 0.3 is 0 Å². The van der Waals surface area contributed by atoms with E-state index < -0.39 is 0 Å². The molecule has 0 aliphatic carbocycles. The molecule has 0 saturated carbocycles. The van der Waals surface area contributed by atoms with E-state index in [4.69, 9.17) is 4.98 Å². The van der Waals surface area contributed by atoms with Gasteiger partial charge in [-0.3, -0.25) is 9.78 Å². The monoisotopic (exact) mass is 361 g/mol. The van der Waals surface area contributed by atoms with Crippen molar-refractivity contribution < 1.29 is 4.79 Å². The molecule has 3 aromatic rings. The molecule has 138 valence electrons. The predicted octanol–water partition coefficient (Wildman–Crippen LogP) is 2.94. The van der Waals surface area contributed by atoms with E-state index in [-0.39, 0.29) is 5.91 Å². The molecule has 6 heteroatoms. The summed E-state index contributed by atoms with van der Waals surface area (Å²) in [6.45, 7) is 5.98. The lowest BCUT2D eigenvalue weighted by Gasteiger charge is -2.34. The SMILES string of the molecule is Cc1ccc(NC(=O)c2ccc3ncccc3c2)nc1N1CCN(C)CC1. The number of benzene rings is 1. The van der Waals surface area contributed by atoms with Crippen LogP contribution >= 0.6 is 0 Å². The van der Waals surface area contributed by atoms with Gasteiger partial charge in [0.15, 0.2) is 0 Å². The van der Waals surface area contributed by atoms with E-state index in [1.807, 2.05) is 36.4 Å². The fraction of sp³-hybridized carbons (Fsp3) is 0.286. The van der Waals surface area contributed by atoms with Crippen LogP contribution < -0.4 is 10.2 Å². The summed E-state index contributed by atoms with van der Waals surface area (Å²) in [6, 6.07) is 13.2. The standard InChI is InChI=1S/C21H23N5O/c1-15-5-8-19(23-20(15)26-12-10-25(2)11-13-26)24-21(27)17-6-7-18-16(14-17)4-3-9-22-18/h3-9,14H,10-13H2,1-2H3,(H,23,24,27). The van der Waals surface area contributed by atoms with Gasteiger partial charge in [0.1, 0.15) is 11.6 Å². The molecule has 0 spiro atoms. The van der Waals surface area contributed by atoms with Gasteiger partial charge in [-0.25, -0.2) is 4.98 Å². The first kappa shape index (κ1) is 17.4. The van der Waals surface area contributed by atoms with Gasteiger partial charge in [-0.05, 0) is 49.9 Å². The minimum absolute atomic E-state index is 0.165. The second-order valence-corrected chi connectivity index (χ2v) is 6.99. The highest BCUT2D eigenvalue weighted by molar-refractivity contribution is 6.05. The minimum Gasteiger partial charge on any atom is -0.354 e. The van der Waals surface area contributed by atoms with Crippen molar-refractivity contribution in [2.45, 2.75) is 6.92 Å². The van der Waals surface area contributed by atoms with E-state index in [1.54, 1.807) is 12.3 Å². The number of anilines is 2. The molecule has 2 aromatic heterocycles. The van der Waals surface area contributed by atoms with Gasteiger partial charge in [0, 0.05) is 43.3 Å². The summed E-state index contributed by atoms with van der Waals surface area (Å²) in [5.74, 6) is 1.36. The Bertz CT molecular complexity index is 979. The first-order valence-electron chi connectivity index (χ1n) is 9.17. The summed E-state index contributed by atoms with van der Waals surface area (Å²) in [7, 11) is 2.13. The predicted molar refractivity (Wildman–Crippen MR) is 108 cm³/mol. The first-order valence-corrected chi connectivity index (χ1v) is 9.17. The van der Waals surface area contributed by atoms with Crippen LogP contribution in [-0.4, -0.2) is 54.0 Å². The molecule has 1 N–H and O–H groups in total. The molecule has 0 atom stereocenters. The van der Waals surface area contributed by atoms with Crippen LogP contribution in [0, 0.1) is 6.92 Å². The molecule has 0 radical (unpaired) electrons. The van der Waals surface area contributed by atoms with E-state index in [0.717, 1.165) is 48.5 Å². The van der Waals surface area contributed by atoms with E-state index >= 15 is 0 Å². The average Bonchev–Trinajstić information content (AvgIpc) is 2.70. The van der Waals surface area contributed by atoms with Crippen molar-refractivity contribution in [2.75, 3.05) is 43.4 Å². The zero-order valence-electron chi connectivity index (χ0n) is 15.6. The van der Waals surface area contributed by atoms with Gasteiger partial charge in [0.25, 0.3) is 5.91 Å². The Kier molecular flexibility index (Phi) is 4.73. The summed E-state index contributed by atoms with van der Waals surface area (Å²) in [4.78, 5) is 26.3. The van der Waals surface area contributed by atoms with Crippen molar-refractivity contribution in [1.29, 1.82) is 0 Å². The molecular weight excluding hydrogens is 338 g/mol. The van der Waals surface area contributed by atoms with Crippen LogP contribution in [0.5, 0.6) is 0 Å². The van der Waals surface area contributed by atoms with Crippen LogP contribution in [0.1, 0.15) is 15.9 Å². The molecule has 6 nitrogen and oxygen atoms in total. The van der Waals surface area contributed by atoms with Gasteiger partial charge in [0.2, 0.25) is 0 Å². The number of likely N-dealkylation sites (N-methyl/N-ethyl adjacent to an activating group) is 1. The number of fused-ring (bicyclic) bond motifs is 1. The van der Waals surface area contributed by atoms with Crippen LogP contribution in [0.4, 0.5) is 11.6 Å². The number of rotatable bonds is 3. The number of pyridine rings is 2. The summed E-state index contributed by atoms with van der Waals surface area (Å²) < 4.78 is 0. The largest absolute Gasteiger partial charge is 0.354 e. The Balaban J connectivity index is 1.54. The first-order chi connectivity index (χ1) is 13.1. The van der Waals surface area contributed by atoms with Crippen molar-refractivity contribution in [1.82, 2.24) is 14.9 Å². The highest BCUT2D eigenvalue weighted by Crippen LogP contribution is 2.22. The Morgan fingerprint density at radius 2 is 1.89 bits per heavy atom. The fourth-order valence-corrected chi connectivity index (χ4v) is 3.33. The summed E-state index contributed by atoms with van der Waals surface area (Å²) in [6.07, 6.45) is 1.75. The van der Waals surface area contributed by atoms with Crippen LogP contribution in [0.3, 0.4) is 0 Å². The molecule has 1 saturated heterocycles. The smallest absolute Gasteiger partial charge is 0.256 e. The van der Waals surface area contributed by atoms with Crippen LogP contribution in [0.2, 0.25) is 0 Å². The van der Waals surface area contributed by atoms with Gasteiger partial charge in [-0.1, -0.05) is 12.1 Å². The topological polar surface area (TPSA) is 61.4 Å². The zero-order chi connectivity index (χ0) is 18.8. The third kappa shape index (κ3) is 3.75. The maximum absolute atomic E-state index is 12.7. The molecular formula is C21H23N5O. The van der Waals surface area contributed by atoms with Crippen LogP contribution in [0.15, 0.2) is 48.7 Å². The van der Waals surface area contributed by atoms with Gasteiger partial charge in [0.05, 0.1) is 5.52 Å². The number of carbonyl (C=O) groups is 1. The van der Waals surface area contributed by atoms with Crippen molar-refractivity contribution in [3.63, 3.8) is 0 Å². The molecule has 1 fully saturated rings. The highest BCUT2D eigenvalue weighted by Gasteiger charge is 2.18. The molecule has 3 heterocycles. The zero-order valence-corrected chi connectivity index (χ0v) is 15.6. The summed E-state index contributed by atoms with van der Waals surface area (Å²) in [5, 5.41) is 3.88. The second kappa shape index (κ2) is 7.32. The maximum atomic E-state index is 12.7. The van der Waals surface area contributed by atoms with E-state index in [0.29, 0.717) is 11.4 Å². The Morgan fingerprint density at radius 1 is 1.07 bits per heavy atom. The Morgan fingerprint density at radius 3 is 2.70 bits per heavy atom. The molecule has 1 aliphatic heterocycles. The van der Waals surface area contributed by atoms with Crippen LogP contribution in [-0.2, 0) is 0 Å². The van der Waals surface area contributed by atoms with Gasteiger partial charge < -0.3 is 15.1 Å². The number of nitrogens with one attached hydrogen (secondary N) is 1. The maximum Gasteiger partial charge on any atom is 0.256 e. The third-order valence-corrected chi connectivity index (χ3v) is 4.98. The number of hydrogen-bond acceptors (Lipinski definition) is 5. The normalized spacial score (nSPS) is 15.1. The molecule has 0 bridgehead atoms. The van der Waals surface area contributed by atoms with E-state index in [9.17, 15) is 4.79 Å². The van der Waals surface area contributed by atoms with Gasteiger partial charge in [-0.2, -0.15) is 0 Å². The Labute approximate surface area is 158 Å². The lowest BCUT2D eigenvalue weighted by Crippen LogP contribution is -2.45. The average molecular weight is 361 g/mol. The number of amides is 1. The van der Waals surface area contributed by atoms with Crippen molar-refractivity contribution in [3.05, 3.63) is 59.8 Å². The molecule has 1 amide bonds. The number of carbonyl (C=O) groups excluding carboxylic acids is 1. The Hall–Kier alpha value is -2.99. The highest BCUT2D eigenvalue weighted by atomic mass is 16.1. The molecule has 0 unspecified atom stereocenters. The summed E-state index contributed by atoms with van der Waals surface area (Å²) in [5.41, 5.74) is 2.59. The van der Waals surface area contributed by atoms with Crippen molar-refractivity contribution >= 4 is 28.4 Å². The third-order valence-electron chi connectivity index (χ3n) is 4.98. The van der Waals surface area contributed by atoms with Crippen molar-refractivity contribution in [2.24, 2.45) is 0 Å². The molecule has 27 heavy (non-hydrogen) atoms. The fourth-order valence-electron chi connectivity index (χ4n) is 3.33. The number of aryl methyl sites for hydroxylation is 1. The molecule has 4 rings (SSSR count). The lowest BCUT2D eigenvalue weighted by molar-refractivity contribution is 0.102. The number of aromatic nitrogens is 2. The second-order valence-electron chi connectivity index (χ2n) is 6.99. The van der Waals surface area contributed by atoms with E-state index in [1.165, 1.54) is 0 Å². The van der Waals surface area contributed by atoms with Crippen LogP contribution in [0.25, 0.3) is 10.9 Å². The van der Waals surface area contributed by atoms with E-state index in [2.05, 4.69) is 34.1 Å². The molecule has 1 aliphatic rings.